The number of likely N-dealkylation sites (tertiary alicyclic amines) is 1. The molecule has 2 atom stereocenters. The van der Waals surface area contributed by atoms with Crippen LogP contribution in [-0.2, 0) is 10.0 Å². The van der Waals surface area contributed by atoms with Crippen LogP contribution in [0.2, 0.25) is 10.0 Å². The van der Waals surface area contributed by atoms with Gasteiger partial charge in [-0.2, -0.15) is 0 Å². The van der Waals surface area contributed by atoms with Crippen molar-refractivity contribution < 1.29 is 8.42 Å². The first-order chi connectivity index (χ1) is 17.1. The summed E-state index contributed by atoms with van der Waals surface area (Å²) in [7, 11) is -3.20. The molecule has 0 bridgehead atoms. The van der Waals surface area contributed by atoms with Crippen molar-refractivity contribution in [3.8, 4) is 0 Å². The molecule has 2 saturated heterocycles. The lowest BCUT2D eigenvalue weighted by Crippen LogP contribution is -2.54. The van der Waals surface area contributed by atoms with E-state index in [-0.39, 0.29) is 6.04 Å². The molecule has 2 fully saturated rings. The third-order valence-corrected chi connectivity index (χ3v) is 9.62. The lowest BCUT2D eigenvalue weighted by atomic mass is 9.80. The van der Waals surface area contributed by atoms with Gasteiger partial charge in [0.15, 0.2) is 0 Å². The normalized spacial score (nSPS) is 20.4. The Bertz CT molecular complexity index is 1140. The van der Waals surface area contributed by atoms with Crippen molar-refractivity contribution >= 4 is 44.9 Å². The topological polar surface area (TPSA) is 90.5 Å². The summed E-state index contributed by atoms with van der Waals surface area (Å²) < 4.78 is 26.7. The monoisotopic (exact) mass is 554 g/mol. The van der Waals surface area contributed by atoms with Crippen molar-refractivity contribution in [3.05, 3.63) is 46.2 Å². The van der Waals surface area contributed by atoms with Gasteiger partial charge in [0.05, 0.1) is 23.7 Å². The number of nitrogens with zero attached hydrogens (tertiary/aromatic N) is 4. The molecule has 0 spiro atoms. The maximum Gasteiger partial charge on any atom is 0.213 e. The van der Waals surface area contributed by atoms with E-state index in [9.17, 15) is 8.42 Å². The second kappa shape index (κ2) is 11.8. The van der Waals surface area contributed by atoms with Crippen LogP contribution in [-0.4, -0.2) is 67.8 Å². The maximum absolute atomic E-state index is 12.0. The molecular formula is C25H36Cl2N6O2S. The Hall–Kier alpha value is -1.65. The van der Waals surface area contributed by atoms with Crippen molar-refractivity contribution in [2.24, 2.45) is 11.8 Å². The molecule has 2 aliphatic rings. The minimum atomic E-state index is -3.20. The van der Waals surface area contributed by atoms with Crippen molar-refractivity contribution in [2.75, 3.05) is 49.5 Å². The van der Waals surface area contributed by atoms with E-state index in [1.54, 1.807) is 26.1 Å². The first-order valence-corrected chi connectivity index (χ1v) is 14.9. The lowest BCUT2D eigenvalue weighted by Gasteiger charge is -2.47. The van der Waals surface area contributed by atoms with Crippen molar-refractivity contribution in [1.29, 1.82) is 0 Å². The van der Waals surface area contributed by atoms with Crippen LogP contribution in [0.1, 0.15) is 45.2 Å². The van der Waals surface area contributed by atoms with Gasteiger partial charge in [0.1, 0.15) is 11.6 Å². The number of rotatable bonds is 10. The molecule has 0 unspecified atom stereocenters. The van der Waals surface area contributed by atoms with Gasteiger partial charge in [0.2, 0.25) is 10.0 Å². The van der Waals surface area contributed by atoms with Crippen molar-refractivity contribution in [2.45, 2.75) is 44.9 Å². The standard InChI is InChI=1S/C25H36Cl2N6O2S/c1-17(2)36(34,35)29-8-10-32-9-4-5-19(14-32)20-15-33(16-20)25-13-28-12-24(31-25)30-18(3)22-7-6-21(26)11-23(22)27/h6-7,11-13,17-20,29H,4-5,8-10,14-16H2,1-3H3,(H,30,31)/t18-,19-/m1/s1. The van der Waals surface area contributed by atoms with Crippen LogP contribution in [0, 0.1) is 11.8 Å². The Kier molecular flexibility index (Phi) is 8.99. The molecule has 2 aliphatic heterocycles. The summed E-state index contributed by atoms with van der Waals surface area (Å²) in [5.74, 6) is 2.83. The van der Waals surface area contributed by atoms with Gasteiger partial charge >= 0.3 is 0 Å². The van der Waals surface area contributed by atoms with Gasteiger partial charge in [-0.1, -0.05) is 29.3 Å². The first-order valence-electron chi connectivity index (χ1n) is 12.6. The molecule has 1 aromatic carbocycles. The van der Waals surface area contributed by atoms with Gasteiger partial charge in [-0.15, -0.1) is 0 Å². The van der Waals surface area contributed by atoms with E-state index in [2.05, 4.69) is 24.8 Å². The number of aromatic nitrogens is 2. The zero-order chi connectivity index (χ0) is 25.9. The smallest absolute Gasteiger partial charge is 0.213 e. The van der Waals surface area contributed by atoms with E-state index in [1.807, 2.05) is 25.3 Å². The Morgan fingerprint density at radius 2 is 1.89 bits per heavy atom. The number of halogens is 2. The number of nitrogens with one attached hydrogen (secondary N) is 2. The highest BCUT2D eigenvalue weighted by Gasteiger charge is 2.36. The Balaban J connectivity index is 1.27. The fourth-order valence-corrected chi connectivity index (χ4v) is 6.20. The highest BCUT2D eigenvalue weighted by Crippen LogP contribution is 2.34. The fraction of sp³-hybridized carbons (Fsp3) is 0.600. The predicted molar refractivity (Wildman–Crippen MR) is 147 cm³/mol. The molecule has 2 N–H and O–H groups in total. The molecule has 36 heavy (non-hydrogen) atoms. The summed E-state index contributed by atoms with van der Waals surface area (Å²) in [6.07, 6.45) is 5.92. The first kappa shape index (κ1) is 27.4. The predicted octanol–water partition coefficient (Wildman–Crippen LogP) is 4.43. The van der Waals surface area contributed by atoms with Crippen molar-refractivity contribution in [3.63, 3.8) is 0 Å². The van der Waals surface area contributed by atoms with Crippen molar-refractivity contribution in [1.82, 2.24) is 19.6 Å². The molecule has 0 aliphatic carbocycles. The highest BCUT2D eigenvalue weighted by molar-refractivity contribution is 7.90. The number of sulfonamides is 1. The van der Waals surface area contributed by atoms with Gasteiger partial charge in [0.25, 0.3) is 0 Å². The van der Waals surface area contributed by atoms with Gasteiger partial charge in [0, 0.05) is 42.8 Å². The molecule has 4 rings (SSSR count). The van der Waals surface area contributed by atoms with Gasteiger partial charge in [-0.3, -0.25) is 4.98 Å². The van der Waals surface area contributed by atoms with Crippen LogP contribution in [0.25, 0.3) is 0 Å². The lowest BCUT2D eigenvalue weighted by molar-refractivity contribution is 0.121. The van der Waals surface area contributed by atoms with E-state index in [0.29, 0.717) is 34.2 Å². The second-order valence-corrected chi connectivity index (χ2v) is 13.3. The number of piperidine rings is 1. The molecule has 11 heteroatoms. The summed E-state index contributed by atoms with van der Waals surface area (Å²) >= 11 is 12.4. The largest absolute Gasteiger partial charge is 0.362 e. The van der Waals surface area contributed by atoms with Gasteiger partial charge in [-0.05, 0) is 69.7 Å². The molecule has 8 nitrogen and oxygen atoms in total. The Labute approximate surface area is 224 Å². The van der Waals surface area contributed by atoms with Crippen LogP contribution in [0.3, 0.4) is 0 Å². The molecule has 3 heterocycles. The number of hydrogen-bond donors (Lipinski definition) is 2. The minimum absolute atomic E-state index is 0.0401. The average Bonchev–Trinajstić information content (AvgIpc) is 2.78. The number of benzene rings is 1. The number of hydrogen-bond acceptors (Lipinski definition) is 7. The second-order valence-electron chi connectivity index (χ2n) is 10.2. The Morgan fingerprint density at radius 3 is 2.61 bits per heavy atom. The number of anilines is 2. The van der Waals surface area contributed by atoms with E-state index in [0.717, 1.165) is 50.5 Å². The molecule has 1 aromatic heterocycles. The quantitative estimate of drug-likeness (QED) is 0.448. The van der Waals surface area contributed by atoms with Gasteiger partial charge in [-0.25, -0.2) is 18.1 Å². The fourth-order valence-electron chi connectivity index (χ4n) is 4.92. The van der Waals surface area contributed by atoms with Gasteiger partial charge < -0.3 is 15.1 Å². The maximum atomic E-state index is 12.0. The average molecular weight is 556 g/mol. The minimum Gasteiger partial charge on any atom is -0.362 e. The zero-order valence-electron chi connectivity index (χ0n) is 21.1. The summed E-state index contributed by atoms with van der Waals surface area (Å²) in [6.45, 7) is 10.7. The van der Waals surface area contributed by atoms with Crippen LogP contribution in [0.15, 0.2) is 30.6 Å². The summed E-state index contributed by atoms with van der Waals surface area (Å²) in [4.78, 5) is 13.9. The Morgan fingerprint density at radius 1 is 1.11 bits per heavy atom. The zero-order valence-corrected chi connectivity index (χ0v) is 23.5. The third kappa shape index (κ3) is 6.81. The van der Waals surface area contributed by atoms with Crippen LogP contribution >= 0.6 is 23.2 Å². The van der Waals surface area contributed by atoms with E-state index < -0.39 is 15.3 Å². The SMILES string of the molecule is CC(C)S(=O)(=O)NCCN1CCC[C@@H](C2CN(c3cncc(N[C@H](C)c4ccc(Cl)cc4Cl)n3)C2)C1. The van der Waals surface area contributed by atoms with Crippen LogP contribution < -0.4 is 14.9 Å². The van der Waals surface area contributed by atoms with E-state index in [1.165, 1.54) is 6.42 Å². The summed E-state index contributed by atoms with van der Waals surface area (Å²) in [5, 5.41) is 4.23. The van der Waals surface area contributed by atoms with E-state index in [4.69, 9.17) is 28.2 Å². The van der Waals surface area contributed by atoms with Crippen LogP contribution in [0.4, 0.5) is 11.6 Å². The third-order valence-electron chi connectivity index (χ3n) is 7.21. The molecule has 0 saturated carbocycles. The molecule has 198 valence electrons. The summed E-state index contributed by atoms with van der Waals surface area (Å²) in [5.41, 5.74) is 0.955. The molecular weight excluding hydrogens is 519 g/mol. The summed E-state index contributed by atoms with van der Waals surface area (Å²) in [6, 6.07) is 5.46. The highest BCUT2D eigenvalue weighted by atomic mass is 35.5. The molecule has 0 amide bonds. The van der Waals surface area contributed by atoms with E-state index >= 15 is 0 Å². The molecule has 0 radical (unpaired) electrons. The molecule has 2 aromatic rings. The van der Waals surface area contributed by atoms with Crippen LogP contribution in [0.5, 0.6) is 0 Å².